The molecule has 0 saturated heterocycles. The fourth-order valence-electron chi connectivity index (χ4n) is 1.21. The SMILES string of the molecule is COC1=NC2=NCCN2C(OC)=N1. The zero-order chi connectivity index (χ0) is 9.26. The first-order valence-corrected chi connectivity index (χ1v) is 3.92. The highest BCUT2D eigenvalue weighted by Crippen LogP contribution is 2.10. The highest BCUT2D eigenvalue weighted by Gasteiger charge is 2.27. The van der Waals surface area contributed by atoms with Crippen molar-refractivity contribution < 1.29 is 9.47 Å². The van der Waals surface area contributed by atoms with Crippen LogP contribution in [0.1, 0.15) is 0 Å². The molecule has 0 radical (unpaired) electrons. The first kappa shape index (κ1) is 8.03. The van der Waals surface area contributed by atoms with Crippen LogP contribution in [-0.2, 0) is 9.47 Å². The van der Waals surface area contributed by atoms with E-state index in [2.05, 4.69) is 15.0 Å². The molecule has 2 aliphatic rings. The smallest absolute Gasteiger partial charge is 0.324 e. The largest absolute Gasteiger partial charge is 0.468 e. The van der Waals surface area contributed by atoms with Crippen LogP contribution in [0.4, 0.5) is 0 Å². The van der Waals surface area contributed by atoms with Gasteiger partial charge in [-0.2, -0.15) is 4.99 Å². The van der Waals surface area contributed by atoms with Crippen LogP contribution in [0, 0.1) is 0 Å². The molecule has 6 nitrogen and oxygen atoms in total. The summed E-state index contributed by atoms with van der Waals surface area (Å²) in [4.78, 5) is 14.1. The van der Waals surface area contributed by atoms with E-state index in [0.717, 1.165) is 13.1 Å². The van der Waals surface area contributed by atoms with Crippen molar-refractivity contribution in [1.82, 2.24) is 4.90 Å². The van der Waals surface area contributed by atoms with Crippen LogP contribution in [0.15, 0.2) is 15.0 Å². The molecule has 2 aliphatic heterocycles. The van der Waals surface area contributed by atoms with Crippen LogP contribution in [-0.4, -0.2) is 50.2 Å². The molecular formula is C7H10N4O2. The van der Waals surface area contributed by atoms with E-state index in [-0.39, 0.29) is 6.02 Å². The number of fused-ring (bicyclic) bond motifs is 1. The highest BCUT2D eigenvalue weighted by molar-refractivity contribution is 6.09. The van der Waals surface area contributed by atoms with E-state index in [0.29, 0.717) is 12.0 Å². The maximum atomic E-state index is 5.07. The van der Waals surface area contributed by atoms with Crippen LogP contribution < -0.4 is 0 Å². The lowest BCUT2D eigenvalue weighted by molar-refractivity contribution is 0.333. The van der Waals surface area contributed by atoms with E-state index < -0.39 is 0 Å². The summed E-state index contributed by atoms with van der Waals surface area (Å²) in [7, 11) is 3.08. The van der Waals surface area contributed by atoms with Gasteiger partial charge in [0.05, 0.1) is 27.3 Å². The average Bonchev–Trinajstić information content (AvgIpc) is 2.63. The number of nitrogens with zero attached hydrogens (tertiary/aromatic N) is 4. The maximum Gasteiger partial charge on any atom is 0.324 e. The Labute approximate surface area is 75.6 Å². The molecule has 0 unspecified atom stereocenters. The predicted molar refractivity (Wildman–Crippen MR) is 47.9 cm³/mol. The summed E-state index contributed by atoms with van der Waals surface area (Å²) in [5.74, 6) is 0.615. The van der Waals surface area contributed by atoms with Gasteiger partial charge in [-0.3, -0.25) is 4.90 Å². The lowest BCUT2D eigenvalue weighted by Gasteiger charge is -2.20. The second kappa shape index (κ2) is 3.04. The van der Waals surface area contributed by atoms with Crippen LogP contribution in [0.25, 0.3) is 0 Å². The molecule has 0 aromatic heterocycles. The van der Waals surface area contributed by atoms with E-state index in [9.17, 15) is 0 Å². The van der Waals surface area contributed by atoms with Gasteiger partial charge in [-0.15, -0.1) is 4.99 Å². The molecule has 0 aromatic carbocycles. The van der Waals surface area contributed by atoms with Crippen molar-refractivity contribution in [3.63, 3.8) is 0 Å². The van der Waals surface area contributed by atoms with Gasteiger partial charge in [0.15, 0.2) is 0 Å². The number of guanidine groups is 1. The van der Waals surface area contributed by atoms with Gasteiger partial charge in [-0.1, -0.05) is 0 Å². The second-order valence-electron chi connectivity index (χ2n) is 2.53. The van der Waals surface area contributed by atoms with E-state index >= 15 is 0 Å². The molecule has 0 saturated carbocycles. The van der Waals surface area contributed by atoms with Crippen molar-refractivity contribution >= 4 is 18.0 Å². The molecular weight excluding hydrogens is 172 g/mol. The standard InChI is InChI=1S/C7H10N4O2/c1-12-6-9-5-8-3-4-11(5)7(10-6)13-2/h3-4H2,1-2H3. The molecule has 0 spiro atoms. The van der Waals surface area contributed by atoms with Crippen molar-refractivity contribution in [3.05, 3.63) is 0 Å². The summed E-state index contributed by atoms with van der Waals surface area (Å²) in [5.41, 5.74) is 0. The zero-order valence-electron chi connectivity index (χ0n) is 7.52. The van der Waals surface area contributed by atoms with Crippen molar-refractivity contribution in [2.24, 2.45) is 15.0 Å². The molecule has 0 amide bonds. The number of methoxy groups -OCH3 is 2. The lowest BCUT2D eigenvalue weighted by Crippen LogP contribution is -2.38. The maximum absolute atomic E-state index is 5.07. The van der Waals surface area contributed by atoms with Crippen molar-refractivity contribution in [3.8, 4) is 0 Å². The molecule has 0 aromatic rings. The van der Waals surface area contributed by atoms with Crippen LogP contribution in [0.2, 0.25) is 0 Å². The monoisotopic (exact) mass is 182 g/mol. The summed E-state index contributed by atoms with van der Waals surface area (Å²) in [6.45, 7) is 1.49. The van der Waals surface area contributed by atoms with E-state index in [1.165, 1.54) is 7.11 Å². The van der Waals surface area contributed by atoms with Gasteiger partial charge in [0.1, 0.15) is 0 Å². The van der Waals surface area contributed by atoms with Crippen molar-refractivity contribution in [1.29, 1.82) is 0 Å². The third kappa shape index (κ3) is 1.24. The van der Waals surface area contributed by atoms with Gasteiger partial charge in [0.2, 0.25) is 5.96 Å². The van der Waals surface area contributed by atoms with Gasteiger partial charge < -0.3 is 9.47 Å². The van der Waals surface area contributed by atoms with Crippen LogP contribution in [0.5, 0.6) is 0 Å². The quantitative estimate of drug-likeness (QED) is 0.515. The fraction of sp³-hybridized carbons (Fsp3) is 0.571. The molecule has 2 rings (SSSR count). The van der Waals surface area contributed by atoms with Gasteiger partial charge in [-0.05, 0) is 0 Å². The second-order valence-corrected chi connectivity index (χ2v) is 2.53. The van der Waals surface area contributed by atoms with Gasteiger partial charge in [0.25, 0.3) is 0 Å². The van der Waals surface area contributed by atoms with Gasteiger partial charge in [-0.25, -0.2) is 4.99 Å². The van der Waals surface area contributed by atoms with Crippen molar-refractivity contribution in [2.45, 2.75) is 0 Å². The topological polar surface area (TPSA) is 58.8 Å². The summed E-state index contributed by atoms with van der Waals surface area (Å²) in [6.07, 6.45) is 0. The Kier molecular flexibility index (Phi) is 1.88. The lowest BCUT2D eigenvalue weighted by atomic mass is 10.6. The fourth-order valence-corrected chi connectivity index (χ4v) is 1.21. The summed E-state index contributed by atoms with van der Waals surface area (Å²) in [5, 5.41) is 0. The summed E-state index contributed by atoms with van der Waals surface area (Å²) >= 11 is 0. The number of rotatable bonds is 0. The van der Waals surface area contributed by atoms with Crippen LogP contribution in [0.3, 0.4) is 0 Å². The predicted octanol–water partition coefficient (Wildman–Crippen LogP) is -0.324. The molecule has 0 bridgehead atoms. The Hall–Kier alpha value is -1.59. The Morgan fingerprint density at radius 2 is 2.08 bits per heavy atom. The average molecular weight is 182 g/mol. The van der Waals surface area contributed by atoms with Crippen LogP contribution >= 0.6 is 0 Å². The molecule has 0 atom stereocenters. The molecule has 0 aliphatic carbocycles. The molecule has 6 heteroatoms. The van der Waals surface area contributed by atoms with Gasteiger partial charge in [0, 0.05) is 0 Å². The number of hydrogen-bond donors (Lipinski definition) is 0. The minimum absolute atomic E-state index is 0.286. The Bertz CT molecular complexity index is 308. The molecule has 0 fully saturated rings. The zero-order valence-corrected chi connectivity index (χ0v) is 7.52. The number of amidine groups is 2. The minimum Gasteiger partial charge on any atom is -0.468 e. The number of ether oxygens (including phenoxy) is 2. The highest BCUT2D eigenvalue weighted by atomic mass is 16.5. The Balaban J connectivity index is 2.32. The van der Waals surface area contributed by atoms with E-state index in [1.54, 1.807) is 7.11 Å². The molecule has 70 valence electrons. The number of aliphatic imine (C=N–C) groups is 3. The normalized spacial score (nSPS) is 20.2. The van der Waals surface area contributed by atoms with E-state index in [1.807, 2.05) is 4.90 Å². The summed E-state index contributed by atoms with van der Waals surface area (Å²) in [6, 6.07) is 0.775. The summed E-state index contributed by atoms with van der Waals surface area (Å²) < 4.78 is 9.98. The third-order valence-electron chi connectivity index (χ3n) is 1.80. The number of hydrogen-bond acceptors (Lipinski definition) is 6. The minimum atomic E-state index is 0.286. The first-order chi connectivity index (χ1) is 6.35. The molecule has 2 heterocycles. The molecule has 0 N–H and O–H groups in total. The Morgan fingerprint density at radius 1 is 1.23 bits per heavy atom. The first-order valence-electron chi connectivity index (χ1n) is 3.92. The molecule has 13 heavy (non-hydrogen) atoms. The third-order valence-corrected chi connectivity index (χ3v) is 1.80. The van der Waals surface area contributed by atoms with E-state index in [4.69, 9.17) is 9.47 Å². The van der Waals surface area contributed by atoms with Gasteiger partial charge >= 0.3 is 12.0 Å². The Morgan fingerprint density at radius 3 is 2.77 bits per heavy atom. The van der Waals surface area contributed by atoms with Crippen molar-refractivity contribution in [2.75, 3.05) is 27.3 Å².